The highest BCUT2D eigenvalue weighted by atomic mass is 32.2. The minimum atomic E-state index is -3.06. The van der Waals surface area contributed by atoms with Crippen LogP contribution in [0.3, 0.4) is 0 Å². The molecule has 2 fully saturated rings. The maximum Gasteiger partial charge on any atom is 0.282 e. The first kappa shape index (κ1) is 20.9. The third-order valence-corrected chi connectivity index (χ3v) is 7.95. The van der Waals surface area contributed by atoms with Crippen molar-refractivity contribution >= 4 is 27.1 Å². The van der Waals surface area contributed by atoms with Crippen molar-refractivity contribution in [3.63, 3.8) is 0 Å². The Kier molecular flexibility index (Phi) is 6.11. The fourth-order valence-corrected chi connectivity index (χ4v) is 6.28. The first-order valence-electron chi connectivity index (χ1n) is 10.6. The molecule has 1 N–H and O–H groups in total. The van der Waals surface area contributed by atoms with Crippen LogP contribution in [0.2, 0.25) is 0 Å². The second-order valence-electron chi connectivity index (χ2n) is 8.36. The molecule has 0 unspecified atom stereocenters. The van der Waals surface area contributed by atoms with Crippen LogP contribution in [0.15, 0.2) is 54.6 Å². The number of carbonyl (C=O) groups excluding carboxylic acids is 1. The highest BCUT2D eigenvalue weighted by Crippen LogP contribution is 2.24. The molecule has 2 aliphatic heterocycles. The number of nitrogens with one attached hydrogen (secondary N) is 1. The number of para-hydroxylation sites is 2. The average Bonchev–Trinajstić information content (AvgIpc) is 3.09. The third-order valence-electron chi connectivity index (χ3n) is 6.20. The summed E-state index contributed by atoms with van der Waals surface area (Å²) in [6.45, 7) is 6.14. The summed E-state index contributed by atoms with van der Waals surface area (Å²) in [6.07, 6.45) is 0.513. The number of quaternary nitrogens is 1. The first-order chi connectivity index (χ1) is 14.4. The predicted molar refractivity (Wildman–Crippen MR) is 120 cm³/mol. The molecule has 7 heteroatoms. The smallest absolute Gasteiger partial charge is 0.282 e. The quantitative estimate of drug-likeness (QED) is 0.769. The number of aryl methyl sites for hydroxylation is 1. The number of hydrogen-bond donors (Lipinski definition) is 1. The molecule has 160 valence electrons. The summed E-state index contributed by atoms with van der Waals surface area (Å²) >= 11 is 0. The van der Waals surface area contributed by atoms with E-state index in [0.29, 0.717) is 13.0 Å². The Morgan fingerprint density at radius 2 is 1.73 bits per heavy atom. The second-order valence-corrected chi connectivity index (χ2v) is 10.6. The van der Waals surface area contributed by atoms with Crippen molar-refractivity contribution in [2.45, 2.75) is 19.4 Å². The molecule has 1 atom stereocenters. The predicted octanol–water partition coefficient (Wildman–Crippen LogP) is 0.920. The van der Waals surface area contributed by atoms with Crippen LogP contribution in [0.4, 0.5) is 11.4 Å². The zero-order valence-corrected chi connectivity index (χ0v) is 18.3. The van der Waals surface area contributed by atoms with E-state index in [-0.39, 0.29) is 23.5 Å². The molecule has 2 aromatic rings. The molecular weight excluding hydrogens is 398 g/mol. The van der Waals surface area contributed by atoms with Gasteiger partial charge in [-0.15, -0.1) is 0 Å². The van der Waals surface area contributed by atoms with E-state index in [2.05, 4.69) is 36.1 Å². The summed E-state index contributed by atoms with van der Waals surface area (Å²) in [5, 5.41) is 0. The van der Waals surface area contributed by atoms with Crippen molar-refractivity contribution in [3.05, 3.63) is 60.2 Å². The van der Waals surface area contributed by atoms with Gasteiger partial charge in [-0.2, -0.15) is 0 Å². The Hall–Kier alpha value is -2.38. The Morgan fingerprint density at radius 3 is 2.37 bits per heavy atom. The Labute approximate surface area is 179 Å². The standard InChI is InChI=1S/C23H29N3O3S/c1-19-7-5-6-10-22(19)25-14-12-24(13-15-25)17-23(27)26(20-8-3-2-4-9-20)21-11-16-30(28,29)18-21/h2-10,21H,11-18H2,1H3/p+1/t21-/m0/s1. The Balaban J connectivity index is 1.43. The number of carbonyl (C=O) groups is 1. The van der Waals surface area contributed by atoms with Crippen LogP contribution in [0.1, 0.15) is 12.0 Å². The molecule has 0 saturated carbocycles. The monoisotopic (exact) mass is 428 g/mol. The fourth-order valence-electron chi connectivity index (χ4n) is 4.58. The Morgan fingerprint density at radius 1 is 1.07 bits per heavy atom. The molecule has 2 saturated heterocycles. The molecule has 0 aromatic heterocycles. The van der Waals surface area contributed by atoms with Gasteiger partial charge in [0.2, 0.25) is 0 Å². The lowest BCUT2D eigenvalue weighted by Gasteiger charge is -2.35. The van der Waals surface area contributed by atoms with Crippen LogP contribution in [-0.2, 0) is 14.6 Å². The van der Waals surface area contributed by atoms with Gasteiger partial charge in [-0.1, -0.05) is 36.4 Å². The number of anilines is 2. The van der Waals surface area contributed by atoms with Crippen molar-refractivity contribution in [1.82, 2.24) is 0 Å². The molecule has 0 bridgehead atoms. The third kappa shape index (κ3) is 4.68. The number of nitrogens with zero attached hydrogens (tertiary/aromatic N) is 2. The average molecular weight is 429 g/mol. The number of benzene rings is 2. The van der Waals surface area contributed by atoms with E-state index in [1.54, 1.807) is 4.90 Å². The normalized spacial score (nSPS) is 21.5. The van der Waals surface area contributed by atoms with E-state index in [1.165, 1.54) is 16.2 Å². The van der Waals surface area contributed by atoms with Crippen molar-refractivity contribution in [2.75, 3.05) is 54.0 Å². The molecule has 2 heterocycles. The molecule has 2 aliphatic rings. The number of amides is 1. The van der Waals surface area contributed by atoms with Crippen molar-refractivity contribution in [1.29, 1.82) is 0 Å². The van der Waals surface area contributed by atoms with Gasteiger partial charge in [-0.05, 0) is 37.1 Å². The number of hydrogen-bond acceptors (Lipinski definition) is 4. The number of sulfone groups is 1. The van der Waals surface area contributed by atoms with Crippen molar-refractivity contribution in [2.24, 2.45) is 0 Å². The molecule has 4 rings (SSSR count). The molecule has 0 aliphatic carbocycles. The first-order valence-corrected chi connectivity index (χ1v) is 12.5. The van der Waals surface area contributed by atoms with Gasteiger partial charge >= 0.3 is 0 Å². The SMILES string of the molecule is Cc1ccccc1N1CC[NH+](CC(=O)N(c2ccccc2)[C@H]2CCS(=O)(=O)C2)CC1. The highest BCUT2D eigenvalue weighted by Gasteiger charge is 2.37. The summed E-state index contributed by atoms with van der Waals surface area (Å²) in [5.74, 6) is 0.239. The Bertz CT molecular complexity index is 986. The molecule has 0 spiro atoms. The molecule has 1 amide bonds. The lowest BCUT2D eigenvalue weighted by molar-refractivity contribution is -0.892. The van der Waals surface area contributed by atoms with Crippen LogP contribution in [0, 0.1) is 6.92 Å². The van der Waals surface area contributed by atoms with Gasteiger partial charge in [0, 0.05) is 11.4 Å². The van der Waals surface area contributed by atoms with E-state index in [0.717, 1.165) is 31.9 Å². The van der Waals surface area contributed by atoms with Gasteiger partial charge in [0.1, 0.15) is 0 Å². The van der Waals surface area contributed by atoms with Crippen molar-refractivity contribution < 1.29 is 18.1 Å². The molecule has 2 aromatic carbocycles. The summed E-state index contributed by atoms with van der Waals surface area (Å²) in [7, 11) is -3.06. The lowest BCUT2D eigenvalue weighted by Crippen LogP contribution is -3.16. The van der Waals surface area contributed by atoms with Gasteiger partial charge in [0.25, 0.3) is 5.91 Å². The largest absolute Gasteiger partial charge is 0.360 e. The number of rotatable bonds is 5. The van der Waals surface area contributed by atoms with E-state index >= 15 is 0 Å². The van der Waals surface area contributed by atoms with Crippen LogP contribution in [0.25, 0.3) is 0 Å². The minimum absolute atomic E-state index is 0.0163. The molecule has 6 nitrogen and oxygen atoms in total. The number of piperazine rings is 1. The van der Waals surface area contributed by atoms with Gasteiger partial charge < -0.3 is 14.7 Å². The zero-order chi connectivity index (χ0) is 21.1. The van der Waals surface area contributed by atoms with Gasteiger partial charge in [0.05, 0.1) is 43.7 Å². The summed E-state index contributed by atoms with van der Waals surface area (Å²) < 4.78 is 24.1. The van der Waals surface area contributed by atoms with E-state index in [4.69, 9.17) is 0 Å². The second kappa shape index (κ2) is 8.78. The molecule has 30 heavy (non-hydrogen) atoms. The topological polar surface area (TPSA) is 62.1 Å². The lowest BCUT2D eigenvalue weighted by atomic mass is 10.1. The van der Waals surface area contributed by atoms with Crippen LogP contribution in [0.5, 0.6) is 0 Å². The van der Waals surface area contributed by atoms with Crippen molar-refractivity contribution in [3.8, 4) is 0 Å². The molecule has 0 radical (unpaired) electrons. The van der Waals surface area contributed by atoms with E-state index < -0.39 is 9.84 Å². The van der Waals surface area contributed by atoms with Crippen LogP contribution < -0.4 is 14.7 Å². The summed E-state index contributed by atoms with van der Waals surface area (Å²) in [6, 6.07) is 17.6. The van der Waals surface area contributed by atoms with Gasteiger partial charge in [-0.25, -0.2) is 8.42 Å². The van der Waals surface area contributed by atoms with Crippen LogP contribution >= 0.6 is 0 Å². The summed E-state index contributed by atoms with van der Waals surface area (Å²) in [5.41, 5.74) is 3.34. The van der Waals surface area contributed by atoms with E-state index in [1.807, 2.05) is 30.3 Å². The van der Waals surface area contributed by atoms with Gasteiger partial charge in [0.15, 0.2) is 16.4 Å². The minimum Gasteiger partial charge on any atom is -0.360 e. The zero-order valence-electron chi connectivity index (χ0n) is 17.5. The summed E-state index contributed by atoms with van der Waals surface area (Å²) in [4.78, 5) is 18.7. The maximum atomic E-state index is 13.3. The maximum absolute atomic E-state index is 13.3. The highest BCUT2D eigenvalue weighted by molar-refractivity contribution is 7.91. The van der Waals surface area contributed by atoms with Crippen LogP contribution in [-0.4, -0.2) is 64.6 Å². The van der Waals surface area contributed by atoms with Gasteiger partial charge in [-0.3, -0.25) is 4.79 Å². The molecular formula is C23H30N3O3S+. The van der Waals surface area contributed by atoms with E-state index in [9.17, 15) is 13.2 Å². The fraction of sp³-hybridized carbons (Fsp3) is 0.435.